The zero-order chi connectivity index (χ0) is 17.6. The van der Waals surface area contributed by atoms with Crippen LogP contribution in [0.25, 0.3) is 0 Å². The van der Waals surface area contributed by atoms with Crippen molar-refractivity contribution in [1.29, 1.82) is 0 Å². The summed E-state index contributed by atoms with van der Waals surface area (Å²) < 4.78 is 0. The fourth-order valence-electron chi connectivity index (χ4n) is 3.35. The molecular formula is C21H24N2O2. The topological polar surface area (TPSA) is 40.6 Å². The maximum Gasteiger partial charge on any atom is 0.253 e. The molecule has 0 aromatic heterocycles. The van der Waals surface area contributed by atoms with E-state index in [9.17, 15) is 9.59 Å². The number of carbonyl (C=O) groups excluding carboxylic acids is 2. The first-order valence-corrected chi connectivity index (χ1v) is 8.88. The Balaban J connectivity index is 1.62. The highest BCUT2D eigenvalue weighted by atomic mass is 16.2. The lowest BCUT2D eigenvalue weighted by Crippen LogP contribution is -2.51. The number of hydrogen-bond donors (Lipinski definition) is 0. The molecule has 0 spiro atoms. The number of nitrogens with zero attached hydrogens (tertiary/aromatic N) is 2. The molecule has 0 radical (unpaired) electrons. The molecule has 1 saturated heterocycles. The molecule has 1 fully saturated rings. The highest BCUT2D eigenvalue weighted by Crippen LogP contribution is 2.23. The van der Waals surface area contributed by atoms with E-state index in [1.807, 2.05) is 77.4 Å². The predicted molar refractivity (Wildman–Crippen MR) is 98.4 cm³/mol. The van der Waals surface area contributed by atoms with E-state index in [-0.39, 0.29) is 17.7 Å². The summed E-state index contributed by atoms with van der Waals surface area (Å²) in [5.41, 5.74) is 1.77. The van der Waals surface area contributed by atoms with Gasteiger partial charge >= 0.3 is 0 Å². The van der Waals surface area contributed by atoms with Crippen LogP contribution in [0.2, 0.25) is 0 Å². The van der Waals surface area contributed by atoms with E-state index < -0.39 is 0 Å². The van der Waals surface area contributed by atoms with Crippen LogP contribution in [0.4, 0.5) is 0 Å². The number of amides is 2. The standard InChI is InChI=1S/C21H24N2O2/c1-2-19(17-9-5-3-6-10-17)21(25)23-15-13-22(14-16-23)20(24)18-11-7-4-8-12-18/h3-12,19H,2,13-16H2,1H3. The highest BCUT2D eigenvalue weighted by Gasteiger charge is 2.29. The van der Waals surface area contributed by atoms with Crippen LogP contribution >= 0.6 is 0 Å². The Bertz CT molecular complexity index is 707. The fraction of sp³-hybridized carbons (Fsp3) is 0.333. The molecule has 1 atom stereocenters. The van der Waals surface area contributed by atoms with Gasteiger partial charge < -0.3 is 9.80 Å². The van der Waals surface area contributed by atoms with E-state index in [1.165, 1.54) is 0 Å². The number of rotatable bonds is 4. The molecule has 4 nitrogen and oxygen atoms in total. The van der Waals surface area contributed by atoms with E-state index in [1.54, 1.807) is 0 Å². The molecule has 0 saturated carbocycles. The molecule has 3 rings (SSSR count). The third-order valence-electron chi connectivity index (χ3n) is 4.81. The third kappa shape index (κ3) is 3.90. The van der Waals surface area contributed by atoms with Crippen LogP contribution in [-0.4, -0.2) is 47.8 Å². The van der Waals surface area contributed by atoms with Crippen molar-refractivity contribution in [3.8, 4) is 0 Å². The monoisotopic (exact) mass is 336 g/mol. The van der Waals surface area contributed by atoms with E-state index in [4.69, 9.17) is 0 Å². The Hall–Kier alpha value is -2.62. The largest absolute Gasteiger partial charge is 0.339 e. The molecule has 1 aliphatic heterocycles. The Morgan fingerprint density at radius 1 is 0.840 bits per heavy atom. The normalized spacial score (nSPS) is 15.7. The molecule has 1 unspecified atom stereocenters. The van der Waals surface area contributed by atoms with E-state index >= 15 is 0 Å². The van der Waals surface area contributed by atoms with Gasteiger partial charge in [-0.2, -0.15) is 0 Å². The second-order valence-corrected chi connectivity index (χ2v) is 6.36. The minimum atomic E-state index is -0.0995. The first-order chi connectivity index (χ1) is 12.2. The van der Waals surface area contributed by atoms with Crippen molar-refractivity contribution in [3.05, 3.63) is 71.8 Å². The lowest BCUT2D eigenvalue weighted by molar-refractivity contribution is -0.134. The van der Waals surface area contributed by atoms with Gasteiger partial charge in [0.2, 0.25) is 5.91 Å². The molecule has 2 amide bonds. The summed E-state index contributed by atoms with van der Waals surface area (Å²) in [4.78, 5) is 29.1. The Labute approximate surface area is 149 Å². The average Bonchev–Trinajstić information content (AvgIpc) is 2.69. The lowest BCUT2D eigenvalue weighted by Gasteiger charge is -2.36. The minimum absolute atomic E-state index is 0.0443. The van der Waals surface area contributed by atoms with Gasteiger partial charge in [-0.05, 0) is 24.1 Å². The van der Waals surface area contributed by atoms with Crippen LogP contribution in [-0.2, 0) is 4.79 Å². The lowest BCUT2D eigenvalue weighted by atomic mass is 9.95. The molecular weight excluding hydrogens is 312 g/mol. The summed E-state index contributed by atoms with van der Waals surface area (Å²) in [5.74, 6) is 0.112. The van der Waals surface area contributed by atoms with Crippen LogP contribution in [0, 0.1) is 0 Å². The van der Waals surface area contributed by atoms with Crippen molar-refractivity contribution < 1.29 is 9.59 Å². The van der Waals surface area contributed by atoms with Gasteiger partial charge in [-0.15, -0.1) is 0 Å². The zero-order valence-electron chi connectivity index (χ0n) is 14.6. The first-order valence-electron chi connectivity index (χ1n) is 8.88. The predicted octanol–water partition coefficient (Wildman–Crippen LogP) is 3.16. The quantitative estimate of drug-likeness (QED) is 0.860. The van der Waals surface area contributed by atoms with Gasteiger partial charge in [0.25, 0.3) is 5.91 Å². The smallest absolute Gasteiger partial charge is 0.253 e. The maximum absolute atomic E-state index is 12.9. The maximum atomic E-state index is 12.9. The van der Waals surface area contributed by atoms with Crippen LogP contribution in [0.3, 0.4) is 0 Å². The highest BCUT2D eigenvalue weighted by molar-refractivity contribution is 5.94. The fourth-order valence-corrected chi connectivity index (χ4v) is 3.35. The number of hydrogen-bond acceptors (Lipinski definition) is 2. The Morgan fingerprint density at radius 3 is 1.92 bits per heavy atom. The van der Waals surface area contributed by atoms with Crippen LogP contribution in [0.1, 0.15) is 35.2 Å². The number of carbonyl (C=O) groups is 2. The van der Waals surface area contributed by atoms with Crippen molar-refractivity contribution in [2.75, 3.05) is 26.2 Å². The van der Waals surface area contributed by atoms with Crippen LogP contribution in [0.15, 0.2) is 60.7 Å². The summed E-state index contributed by atoms with van der Waals surface area (Å²) in [6.45, 7) is 4.42. The summed E-state index contributed by atoms with van der Waals surface area (Å²) >= 11 is 0. The SMILES string of the molecule is CCC(C(=O)N1CCN(C(=O)c2ccccc2)CC1)c1ccccc1. The number of benzene rings is 2. The Kier molecular flexibility index (Phi) is 5.49. The summed E-state index contributed by atoms with van der Waals surface area (Å²) in [6.07, 6.45) is 0.784. The molecule has 130 valence electrons. The van der Waals surface area contributed by atoms with Crippen molar-refractivity contribution in [2.24, 2.45) is 0 Å². The zero-order valence-corrected chi connectivity index (χ0v) is 14.6. The van der Waals surface area contributed by atoms with Gasteiger partial charge in [0.05, 0.1) is 5.92 Å². The van der Waals surface area contributed by atoms with E-state index in [0.29, 0.717) is 31.7 Å². The third-order valence-corrected chi connectivity index (χ3v) is 4.81. The van der Waals surface area contributed by atoms with E-state index in [2.05, 4.69) is 0 Å². The summed E-state index contributed by atoms with van der Waals surface area (Å²) in [7, 11) is 0. The molecule has 25 heavy (non-hydrogen) atoms. The van der Waals surface area contributed by atoms with Crippen molar-refractivity contribution in [3.63, 3.8) is 0 Å². The van der Waals surface area contributed by atoms with Crippen LogP contribution < -0.4 is 0 Å². The molecule has 2 aromatic rings. The van der Waals surface area contributed by atoms with E-state index in [0.717, 1.165) is 12.0 Å². The van der Waals surface area contributed by atoms with Gasteiger partial charge in [-0.1, -0.05) is 55.5 Å². The average molecular weight is 336 g/mol. The van der Waals surface area contributed by atoms with Crippen molar-refractivity contribution >= 4 is 11.8 Å². The molecule has 1 heterocycles. The molecule has 4 heteroatoms. The molecule has 0 aliphatic carbocycles. The molecule has 2 aromatic carbocycles. The van der Waals surface area contributed by atoms with Gasteiger partial charge in [0.1, 0.15) is 0 Å². The Morgan fingerprint density at radius 2 is 1.36 bits per heavy atom. The molecule has 1 aliphatic rings. The van der Waals surface area contributed by atoms with Gasteiger partial charge in [0.15, 0.2) is 0 Å². The first kappa shape index (κ1) is 17.2. The van der Waals surface area contributed by atoms with Gasteiger partial charge in [0, 0.05) is 31.7 Å². The van der Waals surface area contributed by atoms with Crippen molar-refractivity contribution in [2.45, 2.75) is 19.3 Å². The molecule has 0 bridgehead atoms. The molecule has 0 N–H and O–H groups in total. The summed E-state index contributed by atoms with van der Waals surface area (Å²) in [6, 6.07) is 19.3. The second-order valence-electron chi connectivity index (χ2n) is 6.36. The van der Waals surface area contributed by atoms with Gasteiger partial charge in [-0.3, -0.25) is 9.59 Å². The minimum Gasteiger partial charge on any atom is -0.339 e. The summed E-state index contributed by atoms with van der Waals surface area (Å²) in [5, 5.41) is 0. The number of piperazine rings is 1. The van der Waals surface area contributed by atoms with Crippen molar-refractivity contribution in [1.82, 2.24) is 9.80 Å². The second kappa shape index (κ2) is 7.97. The van der Waals surface area contributed by atoms with Crippen LogP contribution in [0.5, 0.6) is 0 Å². The van der Waals surface area contributed by atoms with Gasteiger partial charge in [-0.25, -0.2) is 0 Å².